The minimum atomic E-state index is -0.558. The number of carbonyl (C=O) groups is 1. The Morgan fingerprint density at radius 2 is 2.06 bits per heavy atom. The molecule has 0 saturated heterocycles. The summed E-state index contributed by atoms with van der Waals surface area (Å²) < 4.78 is 18.5. The number of rotatable bonds is 3. The van der Waals surface area contributed by atoms with E-state index in [4.69, 9.17) is 4.74 Å². The minimum absolute atomic E-state index is 0.306. The maximum atomic E-state index is 13.4. The molecule has 0 spiro atoms. The lowest BCUT2D eigenvalue weighted by Crippen LogP contribution is -2.27. The largest absolute Gasteiger partial charge is 0.444 e. The van der Waals surface area contributed by atoms with Gasteiger partial charge in [0.15, 0.2) is 0 Å². The van der Waals surface area contributed by atoms with Crippen molar-refractivity contribution < 1.29 is 13.9 Å². The fourth-order valence-electron chi connectivity index (χ4n) is 1.40. The number of hydrogen-bond acceptors (Lipinski definition) is 3. The molecule has 0 aromatic heterocycles. The number of halogens is 1. The highest BCUT2D eigenvalue weighted by Gasteiger charge is 2.16. The molecule has 0 unspecified atom stereocenters. The van der Waals surface area contributed by atoms with Gasteiger partial charge in [0.2, 0.25) is 0 Å². The summed E-state index contributed by atoms with van der Waals surface area (Å²) >= 11 is 0. The molecule has 4 nitrogen and oxygen atoms in total. The summed E-state index contributed by atoms with van der Waals surface area (Å²) in [6.45, 7) is 5.74. The highest BCUT2D eigenvalue weighted by molar-refractivity contribution is 5.84. The van der Waals surface area contributed by atoms with Crippen LogP contribution in [0.1, 0.15) is 26.3 Å². The first kappa shape index (κ1) is 14.4. The smallest absolute Gasteiger partial charge is 0.412 e. The molecule has 1 rings (SSSR count). The standard InChI is InChI=1S/C13H19FN2O2/c1-13(2,3)18-12(17)16-10-5-6-11(14)9(7-10)8-15-4/h5-7,15H,8H2,1-4H3,(H,16,17). The molecule has 1 amide bonds. The second-order valence-electron chi connectivity index (χ2n) is 4.96. The Kier molecular flexibility index (Phi) is 4.67. The third kappa shape index (κ3) is 4.71. The summed E-state index contributed by atoms with van der Waals surface area (Å²) in [6.07, 6.45) is -0.551. The summed E-state index contributed by atoms with van der Waals surface area (Å²) in [7, 11) is 1.73. The van der Waals surface area contributed by atoms with Crippen LogP contribution in [0.2, 0.25) is 0 Å². The van der Waals surface area contributed by atoms with Gasteiger partial charge in [-0.05, 0) is 46.0 Å². The van der Waals surface area contributed by atoms with Gasteiger partial charge in [-0.25, -0.2) is 9.18 Å². The van der Waals surface area contributed by atoms with Gasteiger partial charge >= 0.3 is 6.09 Å². The first-order valence-corrected chi connectivity index (χ1v) is 5.75. The number of hydrogen-bond donors (Lipinski definition) is 2. The Labute approximate surface area is 107 Å². The van der Waals surface area contributed by atoms with E-state index in [0.717, 1.165) is 0 Å². The van der Waals surface area contributed by atoms with Crippen molar-refractivity contribution in [3.63, 3.8) is 0 Å². The van der Waals surface area contributed by atoms with Crippen LogP contribution in [0.15, 0.2) is 18.2 Å². The number of nitrogens with one attached hydrogen (secondary N) is 2. The summed E-state index contributed by atoms with van der Waals surface area (Å²) in [5.74, 6) is -0.306. The molecule has 1 aromatic rings. The molecule has 5 heteroatoms. The Hall–Kier alpha value is -1.62. The van der Waals surface area contributed by atoms with E-state index in [0.29, 0.717) is 17.8 Å². The van der Waals surface area contributed by atoms with Crippen molar-refractivity contribution in [2.45, 2.75) is 32.9 Å². The predicted molar refractivity (Wildman–Crippen MR) is 69.0 cm³/mol. The van der Waals surface area contributed by atoms with Crippen LogP contribution in [0.4, 0.5) is 14.9 Å². The van der Waals surface area contributed by atoms with Gasteiger partial charge in [-0.15, -0.1) is 0 Å². The van der Waals surface area contributed by atoms with Crippen LogP contribution < -0.4 is 10.6 Å². The second kappa shape index (κ2) is 5.82. The molecule has 0 heterocycles. The van der Waals surface area contributed by atoms with Crippen molar-refractivity contribution in [3.05, 3.63) is 29.6 Å². The van der Waals surface area contributed by atoms with E-state index in [1.54, 1.807) is 33.9 Å². The molecule has 0 aliphatic rings. The molecular formula is C13H19FN2O2. The number of anilines is 1. The van der Waals surface area contributed by atoms with Crippen LogP contribution in [0.25, 0.3) is 0 Å². The quantitative estimate of drug-likeness (QED) is 0.872. The topological polar surface area (TPSA) is 50.4 Å². The van der Waals surface area contributed by atoms with Crippen molar-refractivity contribution in [1.82, 2.24) is 5.32 Å². The van der Waals surface area contributed by atoms with E-state index in [-0.39, 0.29) is 5.82 Å². The average Bonchev–Trinajstić information content (AvgIpc) is 2.20. The molecule has 2 N–H and O–H groups in total. The highest BCUT2D eigenvalue weighted by Crippen LogP contribution is 2.16. The zero-order valence-corrected chi connectivity index (χ0v) is 11.1. The van der Waals surface area contributed by atoms with E-state index >= 15 is 0 Å². The van der Waals surface area contributed by atoms with Crippen molar-refractivity contribution in [1.29, 1.82) is 0 Å². The van der Waals surface area contributed by atoms with E-state index in [9.17, 15) is 9.18 Å². The van der Waals surface area contributed by atoms with Gasteiger partial charge in [-0.3, -0.25) is 5.32 Å². The molecule has 0 fully saturated rings. The number of amides is 1. The summed E-state index contributed by atoms with van der Waals surface area (Å²) in [4.78, 5) is 11.5. The molecular weight excluding hydrogens is 235 g/mol. The molecule has 18 heavy (non-hydrogen) atoms. The van der Waals surface area contributed by atoms with Crippen molar-refractivity contribution >= 4 is 11.8 Å². The third-order valence-electron chi connectivity index (χ3n) is 2.06. The van der Waals surface area contributed by atoms with Crippen LogP contribution in [0.3, 0.4) is 0 Å². The summed E-state index contributed by atoms with van der Waals surface area (Å²) in [5.41, 5.74) is 0.444. The third-order valence-corrected chi connectivity index (χ3v) is 2.06. The SMILES string of the molecule is CNCc1cc(NC(=O)OC(C)(C)C)ccc1F. The lowest BCUT2D eigenvalue weighted by Gasteiger charge is -2.19. The minimum Gasteiger partial charge on any atom is -0.444 e. The van der Waals surface area contributed by atoms with Gasteiger partial charge in [0.05, 0.1) is 0 Å². The maximum absolute atomic E-state index is 13.4. The van der Waals surface area contributed by atoms with Gasteiger partial charge in [0.1, 0.15) is 11.4 Å². The van der Waals surface area contributed by atoms with E-state index < -0.39 is 11.7 Å². The molecule has 0 atom stereocenters. The number of ether oxygens (including phenoxy) is 1. The Bertz CT molecular complexity index is 427. The monoisotopic (exact) mass is 254 g/mol. The van der Waals surface area contributed by atoms with Gasteiger partial charge < -0.3 is 10.1 Å². The predicted octanol–water partition coefficient (Wildman–Crippen LogP) is 2.89. The first-order valence-electron chi connectivity index (χ1n) is 5.75. The zero-order chi connectivity index (χ0) is 13.8. The van der Waals surface area contributed by atoms with Crippen LogP contribution in [-0.2, 0) is 11.3 Å². The van der Waals surface area contributed by atoms with E-state index in [1.807, 2.05) is 0 Å². The number of benzene rings is 1. The van der Waals surface area contributed by atoms with Gasteiger partial charge in [-0.1, -0.05) is 0 Å². The second-order valence-corrected chi connectivity index (χ2v) is 4.96. The molecule has 1 aromatic carbocycles. The molecule has 0 bridgehead atoms. The van der Waals surface area contributed by atoms with E-state index in [2.05, 4.69) is 10.6 Å². The van der Waals surface area contributed by atoms with Crippen LogP contribution >= 0.6 is 0 Å². The molecule has 0 aliphatic heterocycles. The first-order chi connectivity index (χ1) is 8.31. The lowest BCUT2D eigenvalue weighted by molar-refractivity contribution is 0.0636. The Balaban J connectivity index is 2.73. The van der Waals surface area contributed by atoms with Crippen molar-refractivity contribution in [3.8, 4) is 0 Å². The molecule has 0 saturated carbocycles. The van der Waals surface area contributed by atoms with E-state index in [1.165, 1.54) is 12.1 Å². The fourth-order valence-corrected chi connectivity index (χ4v) is 1.40. The Morgan fingerprint density at radius 1 is 1.39 bits per heavy atom. The zero-order valence-electron chi connectivity index (χ0n) is 11.1. The lowest BCUT2D eigenvalue weighted by atomic mass is 10.2. The number of carbonyl (C=O) groups excluding carboxylic acids is 1. The normalized spacial score (nSPS) is 11.2. The van der Waals surface area contributed by atoms with Crippen LogP contribution in [-0.4, -0.2) is 18.7 Å². The average molecular weight is 254 g/mol. The van der Waals surface area contributed by atoms with Crippen LogP contribution in [0.5, 0.6) is 0 Å². The maximum Gasteiger partial charge on any atom is 0.412 e. The fraction of sp³-hybridized carbons (Fsp3) is 0.462. The molecule has 100 valence electrons. The van der Waals surface area contributed by atoms with Gasteiger partial charge in [-0.2, -0.15) is 0 Å². The summed E-state index contributed by atoms with van der Waals surface area (Å²) in [6, 6.07) is 4.40. The summed E-state index contributed by atoms with van der Waals surface area (Å²) in [5, 5.41) is 5.43. The molecule has 0 aliphatic carbocycles. The van der Waals surface area contributed by atoms with Gasteiger partial charge in [0.25, 0.3) is 0 Å². The van der Waals surface area contributed by atoms with Gasteiger partial charge in [0, 0.05) is 17.8 Å². The molecule has 0 radical (unpaired) electrons. The van der Waals surface area contributed by atoms with Crippen LogP contribution in [0, 0.1) is 5.82 Å². The van der Waals surface area contributed by atoms with Crippen molar-refractivity contribution in [2.75, 3.05) is 12.4 Å². The highest BCUT2D eigenvalue weighted by atomic mass is 19.1. The Morgan fingerprint density at radius 3 is 2.61 bits per heavy atom. The van der Waals surface area contributed by atoms with Crippen molar-refractivity contribution in [2.24, 2.45) is 0 Å².